The van der Waals surface area contributed by atoms with Crippen LogP contribution in [0.2, 0.25) is 0 Å². The van der Waals surface area contributed by atoms with Crippen LogP contribution in [0.5, 0.6) is 0 Å². The highest BCUT2D eigenvalue weighted by Crippen LogP contribution is 2.25. The summed E-state index contributed by atoms with van der Waals surface area (Å²) in [5.41, 5.74) is 0. The Hall–Kier alpha value is -1.28. The average molecular weight is 369 g/mol. The number of nitrogens with zero attached hydrogens (tertiary/aromatic N) is 2. The van der Waals surface area contributed by atoms with Crippen molar-refractivity contribution >= 4 is 29.5 Å². The lowest BCUT2D eigenvalue weighted by Gasteiger charge is -2.36. The van der Waals surface area contributed by atoms with E-state index in [1.807, 2.05) is 4.90 Å². The van der Waals surface area contributed by atoms with Crippen molar-refractivity contribution in [3.63, 3.8) is 0 Å². The molecule has 0 aliphatic carbocycles. The molecule has 3 unspecified atom stereocenters. The van der Waals surface area contributed by atoms with Gasteiger partial charge in [-0.3, -0.25) is 14.4 Å². The zero-order valence-corrected chi connectivity index (χ0v) is 15.6. The maximum absolute atomic E-state index is 12.8. The van der Waals surface area contributed by atoms with E-state index in [4.69, 9.17) is 0 Å². The predicted octanol–water partition coefficient (Wildman–Crippen LogP) is 0.0146. The summed E-state index contributed by atoms with van der Waals surface area (Å²) >= 11 is 1.63. The summed E-state index contributed by atoms with van der Waals surface area (Å²) in [7, 11) is 0. The first-order chi connectivity index (χ1) is 12.1. The highest BCUT2D eigenvalue weighted by molar-refractivity contribution is 7.99. The molecule has 2 N–H and O–H groups in total. The molecule has 0 bridgehead atoms. The molecule has 8 heteroatoms. The maximum Gasteiger partial charge on any atom is 0.246 e. The number of carbonyl (C=O) groups excluding carboxylic acids is 3. The van der Waals surface area contributed by atoms with Gasteiger partial charge in [0.25, 0.3) is 0 Å². The third-order valence-electron chi connectivity index (χ3n) is 5.34. The number of piperidine rings is 1. The molecule has 3 fully saturated rings. The number of likely N-dealkylation sites (tertiary alicyclic amines) is 1. The molecule has 25 heavy (non-hydrogen) atoms. The van der Waals surface area contributed by atoms with Crippen LogP contribution in [-0.2, 0) is 14.4 Å². The van der Waals surface area contributed by atoms with Crippen molar-refractivity contribution in [3.8, 4) is 0 Å². The van der Waals surface area contributed by atoms with Crippen molar-refractivity contribution in [2.75, 3.05) is 37.8 Å². The smallest absolute Gasteiger partial charge is 0.246 e. The van der Waals surface area contributed by atoms with Crippen molar-refractivity contribution in [2.45, 2.75) is 44.7 Å². The molecule has 3 amide bonds. The Bertz CT molecular complexity index is 524. The molecule has 3 aliphatic rings. The summed E-state index contributed by atoms with van der Waals surface area (Å²) in [4.78, 5) is 40.2. The molecule has 0 aromatic heterocycles. The van der Waals surface area contributed by atoms with Crippen molar-refractivity contribution in [1.82, 2.24) is 20.4 Å². The monoisotopic (exact) mass is 368 g/mol. The highest BCUT2D eigenvalue weighted by Gasteiger charge is 2.37. The summed E-state index contributed by atoms with van der Waals surface area (Å²) < 4.78 is 0. The first-order valence-electron chi connectivity index (χ1n) is 9.21. The summed E-state index contributed by atoms with van der Waals surface area (Å²) in [5.74, 6) is 1.69. The van der Waals surface area contributed by atoms with Gasteiger partial charge in [0.2, 0.25) is 17.7 Å². The fourth-order valence-corrected chi connectivity index (χ4v) is 5.09. The van der Waals surface area contributed by atoms with Crippen LogP contribution in [-0.4, -0.2) is 77.4 Å². The third-order valence-corrected chi connectivity index (χ3v) is 6.36. The van der Waals surface area contributed by atoms with Gasteiger partial charge in [0.05, 0.1) is 11.9 Å². The molecule has 3 rings (SSSR count). The van der Waals surface area contributed by atoms with Crippen LogP contribution in [0, 0.1) is 5.92 Å². The van der Waals surface area contributed by atoms with E-state index in [1.165, 1.54) is 6.92 Å². The van der Waals surface area contributed by atoms with Gasteiger partial charge in [-0.1, -0.05) is 0 Å². The van der Waals surface area contributed by atoms with Crippen LogP contribution in [0.4, 0.5) is 0 Å². The first kappa shape index (κ1) is 18.5. The molecule has 0 spiro atoms. The quantitative estimate of drug-likeness (QED) is 0.731. The Labute approximate surface area is 153 Å². The molecule has 0 saturated carbocycles. The molecular formula is C17H28N4O3S. The van der Waals surface area contributed by atoms with E-state index in [-0.39, 0.29) is 29.8 Å². The van der Waals surface area contributed by atoms with Gasteiger partial charge in [-0.05, 0) is 38.1 Å². The maximum atomic E-state index is 12.8. The average Bonchev–Trinajstić information content (AvgIpc) is 3.30. The van der Waals surface area contributed by atoms with Crippen molar-refractivity contribution in [2.24, 2.45) is 5.92 Å². The Balaban J connectivity index is 1.49. The Morgan fingerprint density at radius 2 is 2.08 bits per heavy atom. The highest BCUT2D eigenvalue weighted by atomic mass is 32.2. The topological polar surface area (TPSA) is 81.8 Å². The van der Waals surface area contributed by atoms with E-state index >= 15 is 0 Å². The van der Waals surface area contributed by atoms with Crippen LogP contribution < -0.4 is 10.6 Å². The van der Waals surface area contributed by atoms with E-state index in [0.29, 0.717) is 30.6 Å². The second kappa shape index (κ2) is 8.40. The first-order valence-corrected chi connectivity index (χ1v) is 10.4. The van der Waals surface area contributed by atoms with E-state index < -0.39 is 0 Å². The van der Waals surface area contributed by atoms with Crippen LogP contribution in [0.3, 0.4) is 0 Å². The number of nitrogens with one attached hydrogen (secondary N) is 2. The fraction of sp³-hybridized carbons (Fsp3) is 0.824. The second-order valence-corrected chi connectivity index (χ2v) is 8.19. The Kier molecular flexibility index (Phi) is 6.22. The minimum absolute atomic E-state index is 0.0340. The van der Waals surface area contributed by atoms with Crippen LogP contribution in [0.25, 0.3) is 0 Å². The Morgan fingerprint density at radius 3 is 2.80 bits per heavy atom. The van der Waals surface area contributed by atoms with Crippen LogP contribution >= 0.6 is 11.8 Å². The predicted molar refractivity (Wildman–Crippen MR) is 97.0 cm³/mol. The molecular weight excluding hydrogens is 340 g/mol. The van der Waals surface area contributed by atoms with Crippen molar-refractivity contribution in [1.29, 1.82) is 0 Å². The molecule has 7 nitrogen and oxygen atoms in total. The molecule has 140 valence electrons. The molecule has 3 heterocycles. The van der Waals surface area contributed by atoms with E-state index in [2.05, 4.69) is 10.6 Å². The number of hydrogen-bond acceptors (Lipinski definition) is 5. The minimum Gasteiger partial charge on any atom is -0.354 e. The summed E-state index contributed by atoms with van der Waals surface area (Å²) in [6, 6.07) is -0.375. The number of thioether (sulfide) groups is 1. The van der Waals surface area contributed by atoms with Gasteiger partial charge >= 0.3 is 0 Å². The lowest BCUT2D eigenvalue weighted by Crippen LogP contribution is -2.52. The molecule has 3 saturated heterocycles. The van der Waals surface area contributed by atoms with Gasteiger partial charge in [-0.15, -0.1) is 11.8 Å². The molecule has 0 aromatic rings. The van der Waals surface area contributed by atoms with Gasteiger partial charge < -0.3 is 20.4 Å². The largest absolute Gasteiger partial charge is 0.354 e. The summed E-state index contributed by atoms with van der Waals surface area (Å²) in [6.45, 7) is 4.48. The zero-order chi connectivity index (χ0) is 17.8. The SMILES string of the molecule is CC(=O)N1CSCC1C(=O)N1CCCC(CNC(=O)C2CCCN2)C1. The number of amides is 3. The van der Waals surface area contributed by atoms with Gasteiger partial charge in [0.15, 0.2) is 0 Å². The Morgan fingerprint density at radius 1 is 1.24 bits per heavy atom. The standard InChI is InChI=1S/C17H28N4O3S/c1-12(22)21-11-25-10-15(21)17(24)20-7-3-4-13(9-20)8-19-16(23)14-5-2-6-18-14/h13-15,18H,2-11H2,1H3,(H,19,23). The van der Waals surface area contributed by atoms with Gasteiger partial charge in [-0.2, -0.15) is 0 Å². The van der Waals surface area contributed by atoms with Crippen molar-refractivity contribution in [3.05, 3.63) is 0 Å². The third kappa shape index (κ3) is 4.47. The summed E-state index contributed by atoms with van der Waals surface area (Å²) in [5, 5.41) is 6.25. The number of hydrogen-bond donors (Lipinski definition) is 2. The second-order valence-electron chi connectivity index (χ2n) is 7.19. The van der Waals surface area contributed by atoms with E-state index in [9.17, 15) is 14.4 Å². The zero-order valence-electron chi connectivity index (χ0n) is 14.8. The molecule has 0 aromatic carbocycles. The van der Waals surface area contributed by atoms with Gasteiger partial charge in [-0.25, -0.2) is 0 Å². The number of rotatable bonds is 4. The van der Waals surface area contributed by atoms with E-state index in [0.717, 1.165) is 38.8 Å². The summed E-state index contributed by atoms with van der Waals surface area (Å²) in [6.07, 6.45) is 3.93. The van der Waals surface area contributed by atoms with Gasteiger partial charge in [0.1, 0.15) is 6.04 Å². The lowest BCUT2D eigenvalue weighted by molar-refractivity contribution is -0.143. The van der Waals surface area contributed by atoms with Crippen LogP contribution in [0.1, 0.15) is 32.6 Å². The fourth-order valence-electron chi connectivity index (χ4n) is 3.88. The minimum atomic E-state index is -0.321. The van der Waals surface area contributed by atoms with Crippen molar-refractivity contribution < 1.29 is 14.4 Å². The van der Waals surface area contributed by atoms with Crippen LogP contribution in [0.15, 0.2) is 0 Å². The van der Waals surface area contributed by atoms with E-state index in [1.54, 1.807) is 16.7 Å². The lowest BCUT2D eigenvalue weighted by atomic mass is 9.97. The molecule has 3 atom stereocenters. The molecule has 3 aliphatic heterocycles. The number of carbonyl (C=O) groups is 3. The molecule has 0 radical (unpaired) electrons. The van der Waals surface area contributed by atoms with Gasteiger partial charge in [0, 0.05) is 32.3 Å². The normalized spacial score (nSPS) is 29.7.